The van der Waals surface area contributed by atoms with E-state index in [0.29, 0.717) is 0 Å². The first-order valence-electron chi connectivity index (χ1n) is 6.17. The summed E-state index contributed by atoms with van der Waals surface area (Å²) in [5, 5.41) is 6.16. The van der Waals surface area contributed by atoms with E-state index in [1.807, 2.05) is 19.1 Å². The first kappa shape index (κ1) is 13.0. The van der Waals surface area contributed by atoms with Gasteiger partial charge in [-0.05, 0) is 31.0 Å². The lowest BCUT2D eigenvalue weighted by molar-refractivity contribution is -0.123. The summed E-state index contributed by atoms with van der Waals surface area (Å²) in [6.07, 6.45) is 4.32. The summed E-state index contributed by atoms with van der Waals surface area (Å²) in [6.45, 7) is 2.70. The fraction of sp³-hybridized carbons (Fsp3) is 0.538. The van der Waals surface area contributed by atoms with Gasteiger partial charge in [-0.3, -0.25) is 9.78 Å². The molecule has 0 radical (unpaired) electrons. The van der Waals surface area contributed by atoms with Gasteiger partial charge in [0.1, 0.15) is 0 Å². The summed E-state index contributed by atoms with van der Waals surface area (Å²) in [6, 6.07) is 3.65. The molecular formula is C13H19N3O2. The minimum atomic E-state index is -0.153. The van der Waals surface area contributed by atoms with Crippen molar-refractivity contribution < 1.29 is 9.53 Å². The van der Waals surface area contributed by atoms with Crippen LogP contribution >= 0.6 is 0 Å². The Kier molecular flexibility index (Phi) is 4.28. The van der Waals surface area contributed by atoms with Crippen LogP contribution in [0.5, 0.6) is 0 Å². The molecule has 2 rings (SSSR count). The summed E-state index contributed by atoms with van der Waals surface area (Å²) in [4.78, 5) is 16.0. The average Bonchev–Trinajstić information content (AvgIpc) is 2.88. The molecule has 2 N–H and O–H groups in total. The van der Waals surface area contributed by atoms with Crippen molar-refractivity contribution in [2.75, 3.05) is 13.7 Å². The molecule has 1 amide bonds. The number of nitrogens with one attached hydrogen (secondary N) is 2. The lowest BCUT2D eigenvalue weighted by Gasteiger charge is -2.17. The zero-order chi connectivity index (χ0) is 13.0. The van der Waals surface area contributed by atoms with E-state index >= 15 is 0 Å². The van der Waals surface area contributed by atoms with Crippen molar-refractivity contribution in [3.63, 3.8) is 0 Å². The zero-order valence-corrected chi connectivity index (χ0v) is 10.7. The van der Waals surface area contributed by atoms with Crippen LogP contribution in [-0.4, -0.2) is 36.7 Å². The highest BCUT2D eigenvalue weighted by Gasteiger charge is 2.29. The third-order valence-electron chi connectivity index (χ3n) is 3.31. The second kappa shape index (κ2) is 5.93. The smallest absolute Gasteiger partial charge is 0.237 e. The fourth-order valence-corrected chi connectivity index (χ4v) is 2.13. The third kappa shape index (κ3) is 3.05. The first-order valence-corrected chi connectivity index (χ1v) is 6.17. The van der Waals surface area contributed by atoms with Gasteiger partial charge in [0.15, 0.2) is 0 Å². The van der Waals surface area contributed by atoms with Gasteiger partial charge in [-0.25, -0.2) is 0 Å². The molecular weight excluding hydrogens is 230 g/mol. The molecule has 1 saturated heterocycles. The van der Waals surface area contributed by atoms with E-state index in [9.17, 15) is 4.79 Å². The Morgan fingerprint density at radius 2 is 2.28 bits per heavy atom. The quantitative estimate of drug-likeness (QED) is 0.822. The van der Waals surface area contributed by atoms with Gasteiger partial charge in [-0.1, -0.05) is 0 Å². The number of pyridine rings is 1. The molecule has 5 nitrogen and oxygen atoms in total. The summed E-state index contributed by atoms with van der Waals surface area (Å²) < 4.78 is 5.23. The maximum Gasteiger partial charge on any atom is 0.237 e. The van der Waals surface area contributed by atoms with Crippen molar-refractivity contribution in [1.29, 1.82) is 0 Å². The first-order chi connectivity index (χ1) is 8.70. The van der Waals surface area contributed by atoms with E-state index in [1.54, 1.807) is 19.5 Å². The second-order valence-electron chi connectivity index (χ2n) is 4.57. The standard InChI is InChI=1S/C13H19N3O2/c1-9(10-3-5-14-6-4-10)16-13(17)12-7-11(18-2)8-15-12/h3-6,9,11-12,15H,7-8H2,1-2H3,(H,16,17)/t9-,11?,12?/m1/s1. The van der Waals surface area contributed by atoms with Crippen LogP contribution in [0.4, 0.5) is 0 Å². The number of ether oxygens (including phenoxy) is 1. The Balaban J connectivity index is 1.88. The topological polar surface area (TPSA) is 63.2 Å². The highest BCUT2D eigenvalue weighted by molar-refractivity contribution is 5.82. The van der Waals surface area contributed by atoms with Crippen LogP contribution in [0.25, 0.3) is 0 Å². The molecule has 1 fully saturated rings. The molecule has 1 aliphatic heterocycles. The van der Waals surface area contributed by atoms with Crippen molar-refractivity contribution in [2.24, 2.45) is 0 Å². The Bertz CT molecular complexity index is 396. The molecule has 0 saturated carbocycles. The number of hydrogen-bond donors (Lipinski definition) is 2. The highest BCUT2D eigenvalue weighted by Crippen LogP contribution is 2.13. The number of nitrogens with zero attached hydrogens (tertiary/aromatic N) is 1. The van der Waals surface area contributed by atoms with Gasteiger partial charge in [0.05, 0.1) is 18.2 Å². The van der Waals surface area contributed by atoms with Crippen LogP contribution in [0.2, 0.25) is 0 Å². The third-order valence-corrected chi connectivity index (χ3v) is 3.31. The molecule has 1 aliphatic rings. The van der Waals surface area contributed by atoms with Gasteiger partial charge < -0.3 is 15.4 Å². The van der Waals surface area contributed by atoms with Crippen molar-refractivity contribution >= 4 is 5.91 Å². The number of methoxy groups -OCH3 is 1. The van der Waals surface area contributed by atoms with Gasteiger partial charge in [0, 0.05) is 26.0 Å². The van der Waals surface area contributed by atoms with Gasteiger partial charge in [-0.15, -0.1) is 0 Å². The van der Waals surface area contributed by atoms with E-state index in [4.69, 9.17) is 4.74 Å². The molecule has 1 aromatic rings. The number of aromatic nitrogens is 1. The van der Waals surface area contributed by atoms with Crippen LogP contribution in [0.15, 0.2) is 24.5 Å². The summed E-state index contributed by atoms with van der Waals surface area (Å²) in [7, 11) is 1.67. The molecule has 0 aliphatic carbocycles. The molecule has 3 atom stereocenters. The summed E-state index contributed by atoms with van der Waals surface area (Å²) in [5.74, 6) is 0.0267. The normalized spacial score (nSPS) is 24.8. The maximum atomic E-state index is 12.0. The number of carbonyl (C=O) groups is 1. The Hall–Kier alpha value is -1.46. The predicted molar refractivity (Wildman–Crippen MR) is 68.0 cm³/mol. The summed E-state index contributed by atoms with van der Waals surface area (Å²) >= 11 is 0. The Morgan fingerprint density at radius 1 is 1.56 bits per heavy atom. The molecule has 2 heterocycles. The van der Waals surface area contributed by atoms with Crippen LogP contribution in [0, 0.1) is 0 Å². The minimum Gasteiger partial charge on any atom is -0.380 e. The van der Waals surface area contributed by atoms with E-state index in [0.717, 1.165) is 18.5 Å². The van der Waals surface area contributed by atoms with Gasteiger partial charge in [-0.2, -0.15) is 0 Å². The number of carbonyl (C=O) groups excluding carboxylic acids is 1. The Morgan fingerprint density at radius 3 is 2.89 bits per heavy atom. The monoisotopic (exact) mass is 249 g/mol. The van der Waals surface area contributed by atoms with E-state index in [1.165, 1.54) is 0 Å². The van der Waals surface area contributed by atoms with Gasteiger partial charge in [0.2, 0.25) is 5.91 Å². The number of rotatable bonds is 4. The SMILES string of the molecule is COC1CNC(C(=O)N[C@H](C)c2ccncc2)C1. The fourth-order valence-electron chi connectivity index (χ4n) is 2.13. The van der Waals surface area contributed by atoms with Crippen molar-refractivity contribution in [1.82, 2.24) is 15.6 Å². The van der Waals surface area contributed by atoms with E-state index < -0.39 is 0 Å². The number of amides is 1. The second-order valence-corrected chi connectivity index (χ2v) is 4.57. The molecule has 98 valence electrons. The highest BCUT2D eigenvalue weighted by atomic mass is 16.5. The van der Waals surface area contributed by atoms with Crippen LogP contribution in [0.1, 0.15) is 24.9 Å². The van der Waals surface area contributed by atoms with Crippen LogP contribution in [-0.2, 0) is 9.53 Å². The molecule has 2 unspecified atom stereocenters. The zero-order valence-electron chi connectivity index (χ0n) is 10.7. The Labute approximate surface area is 107 Å². The summed E-state index contributed by atoms with van der Waals surface area (Å²) in [5.41, 5.74) is 1.06. The van der Waals surface area contributed by atoms with Gasteiger partial charge in [0.25, 0.3) is 0 Å². The average molecular weight is 249 g/mol. The van der Waals surface area contributed by atoms with E-state index in [-0.39, 0.29) is 24.1 Å². The van der Waals surface area contributed by atoms with Crippen molar-refractivity contribution in [3.05, 3.63) is 30.1 Å². The van der Waals surface area contributed by atoms with Crippen molar-refractivity contribution in [3.8, 4) is 0 Å². The van der Waals surface area contributed by atoms with E-state index in [2.05, 4.69) is 15.6 Å². The van der Waals surface area contributed by atoms with Crippen LogP contribution in [0.3, 0.4) is 0 Å². The molecule has 1 aromatic heterocycles. The number of hydrogen-bond acceptors (Lipinski definition) is 4. The molecule has 0 bridgehead atoms. The maximum absolute atomic E-state index is 12.0. The molecule has 18 heavy (non-hydrogen) atoms. The molecule has 0 aromatic carbocycles. The predicted octanol–water partition coefficient (Wildman–Crippen LogP) is 0.636. The lowest BCUT2D eigenvalue weighted by atomic mass is 10.1. The largest absolute Gasteiger partial charge is 0.380 e. The minimum absolute atomic E-state index is 0.0103. The van der Waals surface area contributed by atoms with Gasteiger partial charge >= 0.3 is 0 Å². The van der Waals surface area contributed by atoms with Crippen LogP contribution < -0.4 is 10.6 Å². The lowest BCUT2D eigenvalue weighted by Crippen LogP contribution is -2.41. The molecule has 5 heteroatoms. The molecule has 0 spiro atoms. The van der Waals surface area contributed by atoms with Crippen molar-refractivity contribution in [2.45, 2.75) is 31.5 Å².